The van der Waals surface area contributed by atoms with Crippen LogP contribution in [0.15, 0.2) is 48.5 Å². The minimum absolute atomic E-state index is 0.521. The van der Waals surface area contributed by atoms with Gasteiger partial charge >= 0.3 is 0 Å². The van der Waals surface area contributed by atoms with Gasteiger partial charge in [0.15, 0.2) is 0 Å². The fourth-order valence-corrected chi connectivity index (χ4v) is 3.56. The zero-order valence-corrected chi connectivity index (χ0v) is 14.2. The van der Waals surface area contributed by atoms with Gasteiger partial charge in [0, 0.05) is 22.5 Å². The van der Waals surface area contributed by atoms with Gasteiger partial charge < -0.3 is 10.5 Å². The smallest absolute Gasteiger partial charge is 0.124 e. The number of rotatable bonds is 5. The lowest BCUT2D eigenvalue weighted by Crippen LogP contribution is -1.98. The van der Waals surface area contributed by atoms with Crippen LogP contribution >= 0.6 is 11.3 Å². The average Bonchev–Trinajstić information content (AvgIpc) is 2.97. The minimum atomic E-state index is 0.521. The van der Waals surface area contributed by atoms with Crippen molar-refractivity contribution in [3.05, 3.63) is 59.0 Å². The summed E-state index contributed by atoms with van der Waals surface area (Å²) in [4.78, 5) is 6.06. The molecule has 0 saturated carbocycles. The molecular formula is C19H20N2OS. The van der Waals surface area contributed by atoms with E-state index in [9.17, 15) is 0 Å². The molecule has 0 atom stereocenters. The molecule has 0 aliphatic rings. The van der Waals surface area contributed by atoms with Crippen LogP contribution < -0.4 is 10.5 Å². The Morgan fingerprint density at radius 3 is 2.52 bits per heavy atom. The van der Waals surface area contributed by atoms with Crippen LogP contribution in [0.25, 0.3) is 21.8 Å². The van der Waals surface area contributed by atoms with Crippen LogP contribution in [0.2, 0.25) is 0 Å². The number of nitrogens with two attached hydrogens (primary N) is 1. The van der Waals surface area contributed by atoms with Crippen molar-refractivity contribution in [3.8, 4) is 27.6 Å². The van der Waals surface area contributed by atoms with Gasteiger partial charge in [0.25, 0.3) is 0 Å². The predicted molar refractivity (Wildman–Crippen MR) is 96.8 cm³/mol. The van der Waals surface area contributed by atoms with Gasteiger partial charge in [0.2, 0.25) is 0 Å². The molecule has 1 aromatic heterocycles. The van der Waals surface area contributed by atoms with Crippen molar-refractivity contribution in [2.45, 2.75) is 20.4 Å². The molecule has 0 fully saturated rings. The monoisotopic (exact) mass is 324 g/mol. The van der Waals surface area contributed by atoms with Gasteiger partial charge in [-0.1, -0.05) is 24.3 Å². The molecule has 0 aliphatic carbocycles. The van der Waals surface area contributed by atoms with Gasteiger partial charge in [-0.15, -0.1) is 11.3 Å². The number of benzene rings is 2. The van der Waals surface area contributed by atoms with Crippen molar-refractivity contribution < 1.29 is 4.74 Å². The van der Waals surface area contributed by atoms with Crippen LogP contribution in [-0.4, -0.2) is 11.6 Å². The second-order valence-corrected chi connectivity index (χ2v) is 6.45. The molecule has 3 rings (SSSR count). The Morgan fingerprint density at radius 2 is 1.83 bits per heavy atom. The van der Waals surface area contributed by atoms with E-state index >= 15 is 0 Å². The van der Waals surface area contributed by atoms with E-state index in [1.807, 2.05) is 31.2 Å². The van der Waals surface area contributed by atoms with Crippen LogP contribution in [0, 0.1) is 6.92 Å². The van der Waals surface area contributed by atoms with Crippen LogP contribution in [0.5, 0.6) is 5.75 Å². The summed E-state index contributed by atoms with van der Waals surface area (Å²) in [6.07, 6.45) is 0. The minimum Gasteiger partial charge on any atom is -0.494 e. The van der Waals surface area contributed by atoms with Gasteiger partial charge in [-0.25, -0.2) is 4.98 Å². The van der Waals surface area contributed by atoms with E-state index in [-0.39, 0.29) is 0 Å². The number of aryl methyl sites for hydroxylation is 1. The van der Waals surface area contributed by atoms with E-state index in [1.54, 1.807) is 11.3 Å². The Balaban J connectivity index is 1.98. The van der Waals surface area contributed by atoms with E-state index in [0.717, 1.165) is 33.1 Å². The van der Waals surface area contributed by atoms with Crippen molar-refractivity contribution in [2.24, 2.45) is 5.73 Å². The molecule has 2 N–H and O–H groups in total. The topological polar surface area (TPSA) is 48.1 Å². The Labute approximate surface area is 140 Å². The van der Waals surface area contributed by atoms with Crippen LogP contribution in [0.4, 0.5) is 0 Å². The summed E-state index contributed by atoms with van der Waals surface area (Å²) in [6, 6.07) is 16.3. The Hall–Kier alpha value is -2.17. The fourth-order valence-electron chi connectivity index (χ4n) is 2.56. The lowest BCUT2D eigenvalue weighted by atomic mass is 10.1. The number of ether oxygens (including phenoxy) is 1. The van der Waals surface area contributed by atoms with E-state index in [0.29, 0.717) is 13.2 Å². The van der Waals surface area contributed by atoms with E-state index in [1.165, 1.54) is 4.88 Å². The third-order valence-corrected chi connectivity index (χ3v) is 4.71. The fraction of sp³-hybridized carbons (Fsp3) is 0.211. The number of thiazole rings is 1. The van der Waals surface area contributed by atoms with Gasteiger partial charge in [-0.2, -0.15) is 0 Å². The molecule has 23 heavy (non-hydrogen) atoms. The number of aromatic nitrogens is 1. The van der Waals surface area contributed by atoms with Gasteiger partial charge in [0.05, 0.1) is 12.3 Å². The largest absolute Gasteiger partial charge is 0.494 e. The molecular weight excluding hydrogens is 304 g/mol. The summed E-state index contributed by atoms with van der Waals surface area (Å²) in [5.74, 6) is 0.887. The van der Waals surface area contributed by atoms with Gasteiger partial charge in [-0.3, -0.25) is 0 Å². The summed E-state index contributed by atoms with van der Waals surface area (Å²) in [6.45, 7) is 5.29. The molecule has 0 aliphatic heterocycles. The van der Waals surface area contributed by atoms with Crippen molar-refractivity contribution in [1.29, 1.82) is 0 Å². The SMILES string of the molecule is CCOc1ccc(-c2nc(-c3ccccc3CN)sc2C)cc1. The van der Waals surface area contributed by atoms with Crippen LogP contribution in [0.3, 0.4) is 0 Å². The van der Waals surface area contributed by atoms with Crippen molar-refractivity contribution in [2.75, 3.05) is 6.61 Å². The highest BCUT2D eigenvalue weighted by molar-refractivity contribution is 7.15. The highest BCUT2D eigenvalue weighted by Gasteiger charge is 2.13. The number of hydrogen-bond acceptors (Lipinski definition) is 4. The predicted octanol–water partition coefficient (Wildman–Crippen LogP) is 4.64. The summed E-state index contributed by atoms with van der Waals surface area (Å²) in [7, 11) is 0. The zero-order valence-electron chi connectivity index (χ0n) is 13.4. The molecule has 1 heterocycles. The quantitative estimate of drug-likeness (QED) is 0.743. The summed E-state index contributed by atoms with van der Waals surface area (Å²) in [5, 5.41) is 1.02. The summed E-state index contributed by atoms with van der Waals surface area (Å²) < 4.78 is 5.50. The number of nitrogens with zero attached hydrogens (tertiary/aromatic N) is 1. The van der Waals surface area contributed by atoms with E-state index in [4.69, 9.17) is 15.5 Å². The van der Waals surface area contributed by atoms with Crippen molar-refractivity contribution >= 4 is 11.3 Å². The summed E-state index contributed by atoms with van der Waals surface area (Å²) in [5.41, 5.74) is 10.2. The highest BCUT2D eigenvalue weighted by atomic mass is 32.1. The van der Waals surface area contributed by atoms with Gasteiger partial charge in [0.1, 0.15) is 10.8 Å². The highest BCUT2D eigenvalue weighted by Crippen LogP contribution is 2.35. The Bertz CT molecular complexity index is 793. The maximum atomic E-state index is 5.85. The summed E-state index contributed by atoms with van der Waals surface area (Å²) >= 11 is 1.71. The maximum absolute atomic E-state index is 5.85. The first-order valence-electron chi connectivity index (χ1n) is 7.72. The van der Waals surface area contributed by atoms with E-state index in [2.05, 4.69) is 31.2 Å². The maximum Gasteiger partial charge on any atom is 0.124 e. The second-order valence-electron chi connectivity index (χ2n) is 5.24. The normalized spacial score (nSPS) is 10.7. The molecule has 2 aromatic carbocycles. The molecule has 3 aromatic rings. The Kier molecular flexibility index (Phi) is 4.74. The first kappa shape index (κ1) is 15.7. The van der Waals surface area contributed by atoms with Gasteiger partial charge in [-0.05, 0) is 43.7 Å². The third-order valence-electron chi connectivity index (χ3n) is 3.70. The standard InChI is InChI=1S/C19H20N2OS/c1-3-22-16-10-8-14(9-11-16)18-13(2)23-19(21-18)17-7-5-4-6-15(17)12-20/h4-11H,3,12,20H2,1-2H3. The lowest BCUT2D eigenvalue weighted by Gasteiger charge is -2.04. The molecule has 0 radical (unpaired) electrons. The molecule has 0 spiro atoms. The molecule has 0 amide bonds. The first-order chi connectivity index (χ1) is 11.2. The zero-order chi connectivity index (χ0) is 16.2. The third kappa shape index (κ3) is 3.28. The van der Waals surface area contributed by atoms with Crippen LogP contribution in [-0.2, 0) is 6.54 Å². The molecule has 3 nitrogen and oxygen atoms in total. The first-order valence-corrected chi connectivity index (χ1v) is 8.53. The second kappa shape index (κ2) is 6.94. The molecule has 0 saturated heterocycles. The van der Waals surface area contributed by atoms with E-state index < -0.39 is 0 Å². The number of hydrogen-bond donors (Lipinski definition) is 1. The van der Waals surface area contributed by atoms with Crippen molar-refractivity contribution in [3.63, 3.8) is 0 Å². The Morgan fingerprint density at radius 1 is 1.09 bits per heavy atom. The average molecular weight is 324 g/mol. The van der Waals surface area contributed by atoms with Crippen molar-refractivity contribution in [1.82, 2.24) is 4.98 Å². The molecule has 0 bridgehead atoms. The lowest BCUT2D eigenvalue weighted by molar-refractivity contribution is 0.340. The van der Waals surface area contributed by atoms with Crippen LogP contribution in [0.1, 0.15) is 17.4 Å². The molecule has 4 heteroatoms. The molecule has 118 valence electrons. The molecule has 0 unspecified atom stereocenters.